The van der Waals surface area contributed by atoms with Gasteiger partial charge in [0.1, 0.15) is 5.75 Å². The summed E-state index contributed by atoms with van der Waals surface area (Å²) in [5.41, 5.74) is 0.724. The summed E-state index contributed by atoms with van der Waals surface area (Å²) < 4.78 is 5.36. The molecule has 5 nitrogen and oxygen atoms in total. The molecule has 0 saturated carbocycles. The number of fused-ring (bicyclic) bond motifs is 1. The quantitative estimate of drug-likeness (QED) is 0.824. The van der Waals surface area contributed by atoms with E-state index in [2.05, 4.69) is 5.32 Å². The number of aliphatic hydroxyl groups is 1. The molecule has 0 fully saturated rings. The minimum atomic E-state index is -0.600. The first-order valence-corrected chi connectivity index (χ1v) is 6.51. The number of nitrogens with one attached hydrogen (secondary N) is 1. The van der Waals surface area contributed by atoms with Gasteiger partial charge in [0.05, 0.1) is 18.3 Å². The highest BCUT2D eigenvalue weighted by Gasteiger charge is 2.26. The van der Waals surface area contributed by atoms with Gasteiger partial charge in [-0.3, -0.25) is 4.79 Å². The number of para-hydroxylation sites is 2. The normalized spacial score (nSPS) is 16.2. The van der Waals surface area contributed by atoms with Crippen molar-refractivity contribution in [2.45, 2.75) is 26.0 Å². The highest BCUT2D eigenvalue weighted by molar-refractivity contribution is 5.97. The minimum Gasteiger partial charge on any atom is -0.482 e. The van der Waals surface area contributed by atoms with Crippen molar-refractivity contribution in [1.82, 2.24) is 5.32 Å². The maximum absolute atomic E-state index is 11.9. The highest BCUT2D eigenvalue weighted by Crippen LogP contribution is 2.31. The third kappa shape index (κ3) is 3.45. The number of anilines is 1. The largest absolute Gasteiger partial charge is 0.482 e. The van der Waals surface area contributed by atoms with Gasteiger partial charge in [0.2, 0.25) is 0 Å². The molecule has 0 aliphatic carbocycles. The van der Waals surface area contributed by atoms with Crippen LogP contribution in [0.5, 0.6) is 5.75 Å². The van der Waals surface area contributed by atoms with Gasteiger partial charge in [-0.2, -0.15) is 0 Å². The van der Waals surface area contributed by atoms with Gasteiger partial charge in [-0.15, -0.1) is 0 Å². The lowest BCUT2D eigenvalue weighted by Crippen LogP contribution is -2.46. The van der Waals surface area contributed by atoms with Gasteiger partial charge in [-0.05, 0) is 12.1 Å². The first-order valence-electron chi connectivity index (χ1n) is 6.51. The predicted octanol–water partition coefficient (Wildman–Crippen LogP) is 0.771. The van der Waals surface area contributed by atoms with Crippen LogP contribution in [0.4, 0.5) is 5.69 Å². The van der Waals surface area contributed by atoms with Crippen molar-refractivity contribution in [3.05, 3.63) is 24.3 Å². The molecule has 2 N–H and O–H groups in total. The molecule has 1 aromatic rings. The SMILES string of the molecule is CC(C)NC[C@H](O)CN1C(=O)COc2ccccc21. The summed E-state index contributed by atoms with van der Waals surface area (Å²) in [6, 6.07) is 7.68. The maximum atomic E-state index is 11.9. The number of rotatable bonds is 5. The molecule has 0 bridgehead atoms. The lowest BCUT2D eigenvalue weighted by atomic mass is 10.2. The molecule has 1 atom stereocenters. The Balaban J connectivity index is 2.05. The molecule has 2 rings (SSSR count). The Hall–Kier alpha value is -1.59. The average Bonchev–Trinajstić information content (AvgIpc) is 2.40. The summed E-state index contributed by atoms with van der Waals surface area (Å²) in [5, 5.41) is 13.2. The zero-order valence-electron chi connectivity index (χ0n) is 11.3. The Bertz CT molecular complexity index is 448. The van der Waals surface area contributed by atoms with Crippen molar-refractivity contribution < 1.29 is 14.6 Å². The molecule has 0 spiro atoms. The van der Waals surface area contributed by atoms with E-state index in [9.17, 15) is 9.90 Å². The van der Waals surface area contributed by atoms with Gasteiger partial charge in [-0.25, -0.2) is 0 Å². The van der Waals surface area contributed by atoms with E-state index in [1.54, 1.807) is 4.90 Å². The van der Waals surface area contributed by atoms with Crippen LogP contribution < -0.4 is 15.0 Å². The number of hydrogen-bond donors (Lipinski definition) is 2. The molecule has 19 heavy (non-hydrogen) atoms. The standard InChI is InChI=1S/C14H20N2O3/c1-10(2)15-7-11(17)8-16-12-5-3-4-6-13(12)19-9-14(16)18/h3-6,10-11,15,17H,7-9H2,1-2H3/t11-/m0/s1. The Labute approximate surface area is 113 Å². The molecule has 1 aromatic carbocycles. The summed E-state index contributed by atoms with van der Waals surface area (Å²) in [4.78, 5) is 13.5. The van der Waals surface area contributed by atoms with Gasteiger partial charge in [0.15, 0.2) is 6.61 Å². The van der Waals surface area contributed by atoms with Crippen LogP contribution in [0.3, 0.4) is 0 Å². The van der Waals surface area contributed by atoms with Crippen LogP contribution in [0.2, 0.25) is 0 Å². The molecule has 5 heteroatoms. The Morgan fingerprint density at radius 3 is 2.89 bits per heavy atom. The zero-order valence-corrected chi connectivity index (χ0v) is 11.3. The third-order valence-electron chi connectivity index (χ3n) is 2.96. The van der Waals surface area contributed by atoms with E-state index in [4.69, 9.17) is 4.74 Å². The lowest BCUT2D eigenvalue weighted by molar-refractivity contribution is -0.121. The Kier molecular flexibility index (Phi) is 4.39. The summed E-state index contributed by atoms with van der Waals surface area (Å²) in [6.45, 7) is 4.80. The second-order valence-corrected chi connectivity index (χ2v) is 4.98. The molecule has 0 unspecified atom stereocenters. The van der Waals surface area contributed by atoms with Crippen molar-refractivity contribution in [2.24, 2.45) is 0 Å². The third-order valence-corrected chi connectivity index (χ3v) is 2.96. The van der Waals surface area contributed by atoms with E-state index in [1.165, 1.54) is 0 Å². The zero-order chi connectivity index (χ0) is 13.8. The number of ether oxygens (including phenoxy) is 1. The Morgan fingerprint density at radius 2 is 2.16 bits per heavy atom. The molecular weight excluding hydrogens is 244 g/mol. The molecule has 0 radical (unpaired) electrons. The number of hydrogen-bond acceptors (Lipinski definition) is 4. The number of amides is 1. The molecule has 1 aliphatic rings. The number of β-amino-alcohol motifs (C(OH)–C–C–N with tert-alkyl or cyclic N) is 1. The van der Waals surface area contributed by atoms with Gasteiger partial charge in [-0.1, -0.05) is 26.0 Å². The van der Waals surface area contributed by atoms with Gasteiger partial charge in [0, 0.05) is 12.6 Å². The monoisotopic (exact) mass is 264 g/mol. The van der Waals surface area contributed by atoms with Gasteiger partial charge >= 0.3 is 0 Å². The molecule has 1 amide bonds. The number of carbonyl (C=O) groups is 1. The fourth-order valence-electron chi connectivity index (χ4n) is 2.00. The van der Waals surface area contributed by atoms with E-state index in [1.807, 2.05) is 38.1 Å². The summed E-state index contributed by atoms with van der Waals surface area (Å²) in [7, 11) is 0. The van der Waals surface area contributed by atoms with Crippen LogP contribution in [0.15, 0.2) is 24.3 Å². The highest BCUT2D eigenvalue weighted by atomic mass is 16.5. The first-order chi connectivity index (χ1) is 9.08. The van der Waals surface area contributed by atoms with Crippen LogP contribution >= 0.6 is 0 Å². The van der Waals surface area contributed by atoms with Crippen molar-refractivity contribution in [3.63, 3.8) is 0 Å². The van der Waals surface area contributed by atoms with Crippen LogP contribution in [0.1, 0.15) is 13.8 Å². The molecule has 1 aliphatic heterocycles. The van der Waals surface area contributed by atoms with Crippen molar-refractivity contribution in [3.8, 4) is 5.75 Å². The number of nitrogens with zero attached hydrogens (tertiary/aromatic N) is 1. The number of benzene rings is 1. The topological polar surface area (TPSA) is 61.8 Å². The Morgan fingerprint density at radius 1 is 1.42 bits per heavy atom. The predicted molar refractivity (Wildman–Crippen MR) is 73.4 cm³/mol. The fraction of sp³-hybridized carbons (Fsp3) is 0.500. The van der Waals surface area contributed by atoms with E-state index in [0.29, 0.717) is 18.3 Å². The van der Waals surface area contributed by atoms with E-state index < -0.39 is 6.10 Å². The summed E-state index contributed by atoms with van der Waals surface area (Å²) in [6.07, 6.45) is -0.600. The average molecular weight is 264 g/mol. The smallest absolute Gasteiger partial charge is 0.265 e. The molecule has 0 aromatic heterocycles. The molecular formula is C14H20N2O3. The van der Waals surface area contributed by atoms with Crippen LogP contribution in [0.25, 0.3) is 0 Å². The minimum absolute atomic E-state index is 0.0291. The number of carbonyl (C=O) groups excluding carboxylic acids is 1. The van der Waals surface area contributed by atoms with E-state index in [-0.39, 0.29) is 19.1 Å². The maximum Gasteiger partial charge on any atom is 0.265 e. The second kappa shape index (κ2) is 6.04. The van der Waals surface area contributed by atoms with Crippen LogP contribution in [-0.4, -0.2) is 42.9 Å². The fourth-order valence-corrected chi connectivity index (χ4v) is 2.00. The first kappa shape index (κ1) is 13.8. The van der Waals surface area contributed by atoms with Gasteiger partial charge in [0.25, 0.3) is 5.91 Å². The molecule has 0 saturated heterocycles. The van der Waals surface area contributed by atoms with Crippen molar-refractivity contribution in [1.29, 1.82) is 0 Å². The second-order valence-electron chi connectivity index (χ2n) is 4.98. The van der Waals surface area contributed by atoms with E-state index in [0.717, 1.165) is 5.69 Å². The molecule has 1 heterocycles. The van der Waals surface area contributed by atoms with E-state index >= 15 is 0 Å². The van der Waals surface area contributed by atoms with Crippen LogP contribution in [-0.2, 0) is 4.79 Å². The van der Waals surface area contributed by atoms with Crippen molar-refractivity contribution >= 4 is 11.6 Å². The van der Waals surface area contributed by atoms with Gasteiger partial charge < -0.3 is 20.1 Å². The number of aliphatic hydroxyl groups excluding tert-OH is 1. The lowest BCUT2D eigenvalue weighted by Gasteiger charge is -2.31. The summed E-state index contributed by atoms with van der Waals surface area (Å²) >= 11 is 0. The van der Waals surface area contributed by atoms with Crippen molar-refractivity contribution in [2.75, 3.05) is 24.6 Å². The summed E-state index contributed by atoms with van der Waals surface area (Å²) in [5.74, 6) is 0.563. The molecule has 104 valence electrons. The van der Waals surface area contributed by atoms with Crippen LogP contribution in [0, 0.1) is 0 Å².